The standard InChI is InChI=1S/C35H32BF10PSi.C2F6NO4S2.Au/c1-15-10-17(3)34(18(4)11-15)47(35-19(5)12-16(2)13-20(35)6)14-21(48(7,8)9)36(22-24(37)28(41)32(45)29(42)25(22)38)23-26(39)30(43)33(46)31(44)27(23)40;3-1(4,5)14(10,11)9-15(12,13)2(6,7)8;/h10-14H,1-9H3;;/q;-1;+1/p+1/b21-14+;;. The van der Waals surface area contributed by atoms with E-state index >= 15 is 17.6 Å². The first-order valence-electron chi connectivity index (χ1n) is 17.5. The Morgan fingerprint density at radius 3 is 0.969 bits per heavy atom. The van der Waals surface area contributed by atoms with Crippen LogP contribution in [-0.2, 0) is 42.4 Å². The summed E-state index contributed by atoms with van der Waals surface area (Å²) in [5.74, 6) is -23.0. The number of rotatable bonds is 9. The molecule has 0 N–H and O–H groups in total. The van der Waals surface area contributed by atoms with Crippen LogP contribution >= 0.6 is 7.92 Å². The Morgan fingerprint density at radius 2 is 0.750 bits per heavy atom. The van der Waals surface area contributed by atoms with Gasteiger partial charge in [-0.3, -0.25) is 0 Å². The maximum absolute atomic E-state index is 15.7. The van der Waals surface area contributed by atoms with Gasteiger partial charge in [-0.1, -0.05) is 60.1 Å². The van der Waals surface area contributed by atoms with Gasteiger partial charge in [0.05, 0.1) is 21.8 Å². The zero-order chi connectivity index (χ0) is 49.0. The Morgan fingerprint density at radius 1 is 0.516 bits per heavy atom. The van der Waals surface area contributed by atoms with E-state index in [1.807, 2.05) is 65.8 Å². The third-order valence-corrected chi connectivity index (χ3v) is 17.7. The zero-order valence-electron chi connectivity index (χ0n) is 34.2. The molecule has 64 heavy (non-hydrogen) atoms. The van der Waals surface area contributed by atoms with Crippen molar-refractivity contribution in [1.82, 2.24) is 0 Å². The minimum Gasteiger partial charge on any atom is -0.421 e. The molecule has 0 bridgehead atoms. The number of alkyl halides is 6. The van der Waals surface area contributed by atoms with Crippen LogP contribution in [0, 0.1) is 99.7 Å². The largest absolute Gasteiger partial charge is 1.00 e. The molecule has 5 nitrogen and oxygen atoms in total. The maximum Gasteiger partial charge on any atom is 1.00 e. The average molecular weight is 1190 g/mol. The van der Waals surface area contributed by atoms with Crippen LogP contribution < -0.4 is 21.5 Å². The van der Waals surface area contributed by atoms with E-state index in [4.69, 9.17) is 0 Å². The number of hydrogen-bond acceptors (Lipinski definition) is 4. The van der Waals surface area contributed by atoms with Gasteiger partial charge in [0, 0.05) is 10.9 Å². The van der Waals surface area contributed by atoms with Gasteiger partial charge in [0.2, 0.25) is 0 Å². The summed E-state index contributed by atoms with van der Waals surface area (Å²) >= 11 is 0. The Labute approximate surface area is 375 Å². The first-order chi connectivity index (χ1) is 28.3. The number of nitrogens with zero attached hydrogens (tertiary/aromatic N) is 1. The molecule has 27 heteroatoms. The van der Waals surface area contributed by atoms with Crippen LogP contribution in [0.1, 0.15) is 33.4 Å². The number of halogens is 16. The molecule has 4 aromatic carbocycles. The Hall–Kier alpha value is -3.19. The maximum atomic E-state index is 15.7. The van der Waals surface area contributed by atoms with Gasteiger partial charge in [-0.2, -0.15) is 26.3 Å². The molecule has 0 amide bonds. The first kappa shape index (κ1) is 56.9. The number of hydrogen-bond donors (Lipinski definition) is 0. The number of aryl methyl sites for hydroxylation is 6. The predicted octanol–water partition coefficient (Wildman–Crippen LogP) is 9.76. The van der Waals surface area contributed by atoms with Gasteiger partial charge in [-0.25, -0.2) is 60.7 Å². The molecule has 356 valence electrons. The summed E-state index contributed by atoms with van der Waals surface area (Å²) < 4.78 is 260. The summed E-state index contributed by atoms with van der Waals surface area (Å²) in [6.45, 7) is 13.3. The first-order valence-corrected chi connectivity index (χ1v) is 25.4. The van der Waals surface area contributed by atoms with Gasteiger partial charge in [-0.15, -0.1) is 0 Å². The molecular weight excluding hydrogens is 1160 g/mol. The van der Waals surface area contributed by atoms with Crippen molar-refractivity contribution in [3.05, 3.63) is 131 Å². The Kier molecular flexibility index (Phi) is 17.8. The molecule has 4 rings (SSSR count). The minimum atomic E-state index is -6.72. The van der Waals surface area contributed by atoms with Crippen molar-refractivity contribution in [2.24, 2.45) is 0 Å². The van der Waals surface area contributed by atoms with E-state index < -0.39 is 123 Å². The van der Waals surface area contributed by atoms with Gasteiger partial charge in [-0.05, 0) is 63.8 Å². The zero-order valence-corrected chi connectivity index (χ0v) is 40.0. The Balaban J connectivity index is 0.000000753. The molecule has 0 aliphatic rings. The number of benzene rings is 4. The average Bonchev–Trinajstić information content (AvgIpc) is 3.10. The minimum absolute atomic E-state index is 0. The van der Waals surface area contributed by atoms with Gasteiger partial charge >= 0.3 is 33.4 Å². The molecule has 0 saturated heterocycles. The van der Waals surface area contributed by atoms with Crippen molar-refractivity contribution in [1.29, 1.82) is 0 Å². The van der Waals surface area contributed by atoms with E-state index in [9.17, 15) is 69.5 Å². The van der Waals surface area contributed by atoms with Crippen LogP contribution in [-0.4, -0.2) is 42.6 Å². The van der Waals surface area contributed by atoms with E-state index in [1.165, 1.54) is 0 Å². The number of sulfonamides is 2. The summed E-state index contributed by atoms with van der Waals surface area (Å²) in [4.78, 5) is 0. The summed E-state index contributed by atoms with van der Waals surface area (Å²) in [7, 11) is -19.1. The Bertz CT molecular complexity index is 2480. The van der Waals surface area contributed by atoms with Crippen molar-refractivity contribution >= 4 is 64.3 Å². The van der Waals surface area contributed by atoms with Crippen LogP contribution in [0.4, 0.5) is 70.2 Å². The monoisotopic (exact) mass is 1190 g/mol. The van der Waals surface area contributed by atoms with E-state index in [-0.39, 0.29) is 27.5 Å². The second-order valence-corrected chi connectivity index (χ2v) is 25.7. The molecule has 0 aliphatic carbocycles. The van der Waals surface area contributed by atoms with Crippen LogP contribution in [0.25, 0.3) is 4.13 Å². The molecule has 0 heterocycles. The molecule has 0 aromatic heterocycles. The van der Waals surface area contributed by atoms with E-state index in [2.05, 4.69) is 0 Å². The summed E-state index contributed by atoms with van der Waals surface area (Å²) in [5.41, 5.74) is -10.8. The van der Waals surface area contributed by atoms with Crippen molar-refractivity contribution in [2.45, 2.75) is 72.2 Å². The molecular formula is C37H33AuBF16NO4PS2Si+. The third-order valence-electron chi connectivity index (χ3n) is 9.22. The fourth-order valence-corrected chi connectivity index (χ4v) is 14.8. The normalized spacial score (nSPS) is 12.9. The molecule has 0 unspecified atom stereocenters. The smallest absolute Gasteiger partial charge is 0.421 e. The topological polar surface area (TPSA) is 82.4 Å². The van der Waals surface area contributed by atoms with Gasteiger partial charge in [0.15, 0.2) is 78.2 Å². The van der Waals surface area contributed by atoms with Crippen molar-refractivity contribution in [3.63, 3.8) is 0 Å². The molecule has 0 spiro atoms. The summed E-state index contributed by atoms with van der Waals surface area (Å²) in [6, 6.07) is 7.61. The van der Waals surface area contributed by atoms with Crippen LogP contribution in [0.3, 0.4) is 0 Å². The van der Waals surface area contributed by atoms with Crippen LogP contribution in [0.5, 0.6) is 0 Å². The molecule has 0 aliphatic heterocycles. The van der Waals surface area contributed by atoms with Crippen molar-refractivity contribution in [3.8, 4) is 0 Å². The fourth-order valence-electron chi connectivity index (χ4n) is 6.79. The molecule has 0 atom stereocenters. The van der Waals surface area contributed by atoms with Crippen molar-refractivity contribution < 1.29 is 109 Å². The second-order valence-electron chi connectivity index (χ2n) is 15.1. The molecule has 0 radical (unpaired) electrons. The van der Waals surface area contributed by atoms with Crippen LogP contribution in [0.2, 0.25) is 19.6 Å². The van der Waals surface area contributed by atoms with Crippen LogP contribution in [0.15, 0.2) is 35.2 Å². The van der Waals surface area contributed by atoms with E-state index in [0.29, 0.717) is 0 Å². The van der Waals surface area contributed by atoms with Crippen molar-refractivity contribution in [2.75, 3.05) is 0 Å². The van der Waals surface area contributed by atoms with E-state index in [1.54, 1.807) is 25.5 Å². The van der Waals surface area contributed by atoms with Gasteiger partial charge in [0.25, 0.3) is 6.71 Å². The predicted molar refractivity (Wildman–Crippen MR) is 211 cm³/mol. The summed E-state index contributed by atoms with van der Waals surface area (Å²) in [5, 5.41) is 1.39. The third kappa shape index (κ3) is 11.5. The molecule has 4 aromatic rings. The molecule has 0 saturated carbocycles. The fraction of sp³-hybridized carbons (Fsp3) is 0.297. The van der Waals surface area contributed by atoms with Gasteiger partial charge in [0.1, 0.15) is 10.6 Å². The molecule has 0 fully saturated rings. The quantitative estimate of drug-likeness (QED) is 0.0550. The van der Waals surface area contributed by atoms with Gasteiger partial charge < -0.3 is 4.13 Å². The SMILES string of the molecule is Cc1cc(C)c([PH+](/C=C(\B(c2c(F)c(F)c(F)c(F)c2F)c2c(F)c(F)c(F)c(F)c2F)[Si](C)(C)C)c2c(C)cc(C)cc2C)c(C)c1.O=S(=O)([N-]S(=O)(=O)C(F)(F)F)C(F)(F)F.[Au+]. The summed E-state index contributed by atoms with van der Waals surface area (Å²) in [6.07, 6.45) is 0. The van der Waals surface area contributed by atoms with E-state index in [0.717, 1.165) is 48.1 Å². The second kappa shape index (κ2) is 20.0.